The molecule has 3 aromatic heterocycles. The van der Waals surface area contributed by atoms with Crippen LogP contribution in [0.15, 0.2) is 71.9 Å². The van der Waals surface area contributed by atoms with Crippen LogP contribution in [-0.2, 0) is 10.0 Å². The smallest absolute Gasteiger partial charge is 0.283 e. The summed E-state index contributed by atoms with van der Waals surface area (Å²) in [5, 5.41) is 5.14. The normalized spacial score (nSPS) is 16.0. The highest BCUT2D eigenvalue weighted by atomic mass is 32.2. The van der Waals surface area contributed by atoms with Crippen LogP contribution in [0.4, 0.5) is 10.2 Å². The first-order valence-corrected chi connectivity index (χ1v) is 16.4. The summed E-state index contributed by atoms with van der Waals surface area (Å²) in [4.78, 5) is 13.9. The van der Waals surface area contributed by atoms with Gasteiger partial charge in [0.25, 0.3) is 10.0 Å². The molecular weight excluding hydrogens is 595 g/mol. The molecule has 45 heavy (non-hydrogen) atoms. The van der Waals surface area contributed by atoms with E-state index in [-0.39, 0.29) is 16.0 Å². The molecule has 232 valence electrons. The molecule has 0 atom stereocenters. The van der Waals surface area contributed by atoms with Crippen molar-refractivity contribution in [2.75, 3.05) is 51.3 Å². The molecule has 5 heterocycles. The molecule has 1 fully saturated rings. The molecule has 0 radical (unpaired) electrons. The van der Waals surface area contributed by atoms with Crippen molar-refractivity contribution in [2.45, 2.75) is 24.7 Å². The number of likely N-dealkylation sites (N-methyl/N-ethyl adjacent to an activating group) is 1. The van der Waals surface area contributed by atoms with Crippen molar-refractivity contribution >= 4 is 26.7 Å². The molecule has 1 saturated heterocycles. The number of anilines is 1. The third-order valence-corrected chi connectivity index (χ3v) is 9.88. The van der Waals surface area contributed by atoms with Crippen LogP contribution in [0.1, 0.15) is 18.4 Å². The molecule has 10 nitrogen and oxygen atoms in total. The van der Waals surface area contributed by atoms with Crippen LogP contribution in [0.2, 0.25) is 0 Å². The number of ether oxygens (including phenoxy) is 2. The van der Waals surface area contributed by atoms with Crippen LogP contribution >= 0.6 is 0 Å². The lowest BCUT2D eigenvalue weighted by molar-refractivity contribution is 0.265. The summed E-state index contributed by atoms with van der Waals surface area (Å²) in [6, 6.07) is 14.8. The summed E-state index contributed by atoms with van der Waals surface area (Å²) in [6.07, 6.45) is 4.52. The molecule has 7 rings (SSSR count). The van der Waals surface area contributed by atoms with Crippen LogP contribution in [-0.4, -0.2) is 78.9 Å². The zero-order valence-electron chi connectivity index (χ0n) is 25.1. The van der Waals surface area contributed by atoms with Crippen LogP contribution in [0, 0.1) is 12.7 Å². The lowest BCUT2D eigenvalue weighted by Gasteiger charge is -2.34. The minimum Gasteiger partial charge on any atom is -0.493 e. The van der Waals surface area contributed by atoms with Crippen molar-refractivity contribution < 1.29 is 22.3 Å². The van der Waals surface area contributed by atoms with E-state index in [2.05, 4.69) is 26.9 Å². The highest BCUT2D eigenvalue weighted by molar-refractivity contribution is 7.90. The number of aryl methyl sites for hydroxylation is 1. The Bertz CT molecular complexity index is 1990. The van der Waals surface area contributed by atoms with E-state index in [0.717, 1.165) is 41.6 Å². The Morgan fingerprint density at radius 1 is 0.867 bits per heavy atom. The standard InChI is InChI=1S/C33H33FN6O4S/c1-22-8-10-24(11-9-22)45(41,42)40-28-21-35-27-19-25(28)32(37-40)23-18-30(33(36-20-23)39-14-12-38(2)13-15-39)44-17-4-3-16-43-29-7-5-6-26(34)31(27)29/h5-11,18-21H,3-4,12-17H2,1-2H3. The van der Waals surface area contributed by atoms with Gasteiger partial charge in [-0.2, -0.15) is 17.6 Å². The highest BCUT2D eigenvalue weighted by Gasteiger charge is 2.27. The SMILES string of the molecule is Cc1ccc(S(=O)(=O)n2nc3c4cc(ncc42)-c2c(F)cccc2OCCCCOc2cc-3cnc2N2CCN(C)CC2)cc1. The average Bonchev–Trinajstić information content (AvgIpc) is 3.43. The second kappa shape index (κ2) is 11.8. The van der Waals surface area contributed by atoms with Gasteiger partial charge >= 0.3 is 0 Å². The molecule has 2 aliphatic heterocycles. The first-order chi connectivity index (χ1) is 21.8. The van der Waals surface area contributed by atoms with Gasteiger partial charge in [0.15, 0.2) is 11.6 Å². The second-order valence-electron chi connectivity index (χ2n) is 11.4. The molecule has 5 aromatic rings. The lowest BCUT2D eigenvalue weighted by Crippen LogP contribution is -2.45. The van der Waals surface area contributed by atoms with Crippen LogP contribution in [0.3, 0.4) is 0 Å². The summed E-state index contributed by atoms with van der Waals surface area (Å²) in [6.45, 7) is 6.09. The monoisotopic (exact) mass is 628 g/mol. The Balaban J connectivity index is 1.45. The number of aromatic nitrogens is 4. The van der Waals surface area contributed by atoms with E-state index in [9.17, 15) is 8.42 Å². The molecule has 0 saturated carbocycles. The molecule has 4 bridgehead atoms. The quantitative estimate of drug-likeness (QED) is 0.269. The molecule has 0 amide bonds. The van der Waals surface area contributed by atoms with Crippen molar-refractivity contribution in [3.63, 3.8) is 0 Å². The number of fused-ring (bicyclic) bond motifs is 6. The summed E-state index contributed by atoms with van der Waals surface area (Å²) >= 11 is 0. The van der Waals surface area contributed by atoms with E-state index in [1.807, 2.05) is 13.0 Å². The van der Waals surface area contributed by atoms with Crippen LogP contribution < -0.4 is 14.4 Å². The molecule has 2 aromatic carbocycles. The number of nitrogens with zero attached hydrogens (tertiary/aromatic N) is 6. The van der Waals surface area contributed by atoms with Gasteiger partial charge in [-0.1, -0.05) is 23.8 Å². The van der Waals surface area contributed by atoms with Crippen LogP contribution in [0.25, 0.3) is 33.4 Å². The fourth-order valence-corrected chi connectivity index (χ4v) is 6.98. The van der Waals surface area contributed by atoms with Gasteiger partial charge in [0.1, 0.15) is 22.8 Å². The fourth-order valence-electron chi connectivity index (χ4n) is 5.70. The van der Waals surface area contributed by atoms with E-state index < -0.39 is 15.8 Å². The molecule has 0 spiro atoms. The predicted octanol–water partition coefficient (Wildman–Crippen LogP) is 5.15. The third-order valence-electron chi connectivity index (χ3n) is 8.28. The fraction of sp³-hybridized carbons (Fsp3) is 0.303. The summed E-state index contributed by atoms with van der Waals surface area (Å²) in [5.74, 6) is 1.20. The third kappa shape index (κ3) is 5.48. The maximum atomic E-state index is 15.4. The first kappa shape index (κ1) is 29.2. The summed E-state index contributed by atoms with van der Waals surface area (Å²) < 4.78 is 56.6. The van der Waals surface area contributed by atoms with E-state index in [1.54, 1.807) is 48.7 Å². The summed E-state index contributed by atoms with van der Waals surface area (Å²) in [5.41, 5.74) is 2.62. The van der Waals surface area contributed by atoms with Gasteiger partial charge in [-0.3, -0.25) is 4.98 Å². The average molecular weight is 629 g/mol. The lowest BCUT2D eigenvalue weighted by atomic mass is 10.1. The number of rotatable bonds is 3. The number of halogens is 1. The van der Waals surface area contributed by atoms with Gasteiger partial charge in [-0.25, -0.2) is 9.37 Å². The van der Waals surface area contributed by atoms with Gasteiger partial charge in [0.05, 0.1) is 35.6 Å². The van der Waals surface area contributed by atoms with E-state index in [0.29, 0.717) is 59.9 Å². The number of hydrogen-bond donors (Lipinski definition) is 0. The number of pyridine rings is 2. The van der Waals surface area contributed by atoms with Crippen LogP contribution in [0.5, 0.6) is 11.5 Å². The highest BCUT2D eigenvalue weighted by Crippen LogP contribution is 2.39. The molecular formula is C33H33FN6O4S. The van der Waals surface area contributed by atoms with Crippen molar-refractivity contribution in [2.24, 2.45) is 0 Å². The molecule has 0 aliphatic carbocycles. The minimum absolute atomic E-state index is 0.0904. The molecule has 0 N–H and O–H groups in total. The van der Waals surface area contributed by atoms with Crippen molar-refractivity contribution in [1.29, 1.82) is 0 Å². The zero-order valence-corrected chi connectivity index (χ0v) is 25.9. The van der Waals surface area contributed by atoms with Gasteiger partial charge in [0, 0.05) is 43.3 Å². The van der Waals surface area contributed by atoms with E-state index in [4.69, 9.17) is 14.5 Å². The molecule has 0 unspecified atom stereocenters. The Morgan fingerprint density at radius 2 is 1.60 bits per heavy atom. The number of hydrogen-bond acceptors (Lipinski definition) is 9. The second-order valence-corrected chi connectivity index (χ2v) is 13.2. The largest absolute Gasteiger partial charge is 0.493 e. The van der Waals surface area contributed by atoms with Crippen molar-refractivity contribution in [1.82, 2.24) is 24.1 Å². The maximum Gasteiger partial charge on any atom is 0.283 e. The van der Waals surface area contributed by atoms with Gasteiger partial charge in [0.2, 0.25) is 0 Å². The first-order valence-electron chi connectivity index (χ1n) is 15.0. The van der Waals surface area contributed by atoms with Crippen molar-refractivity contribution in [3.05, 3.63) is 78.4 Å². The van der Waals surface area contributed by atoms with Gasteiger partial charge in [-0.15, -0.1) is 0 Å². The Morgan fingerprint density at radius 3 is 2.36 bits per heavy atom. The zero-order chi connectivity index (χ0) is 31.1. The topological polar surface area (TPSA) is 103 Å². The minimum atomic E-state index is -4.11. The number of benzene rings is 2. The Labute approximate surface area is 261 Å². The number of piperazine rings is 1. The van der Waals surface area contributed by atoms with Gasteiger partial charge < -0.3 is 19.3 Å². The Kier molecular flexibility index (Phi) is 7.62. The summed E-state index contributed by atoms with van der Waals surface area (Å²) in [7, 11) is -2.01. The van der Waals surface area contributed by atoms with Crippen molar-refractivity contribution in [3.8, 4) is 34.0 Å². The van der Waals surface area contributed by atoms with Gasteiger partial charge in [-0.05, 0) is 63.2 Å². The Hall–Kier alpha value is -4.55. The molecule has 2 aliphatic rings. The van der Waals surface area contributed by atoms with E-state index in [1.165, 1.54) is 12.3 Å². The molecule has 12 heteroatoms. The maximum absolute atomic E-state index is 15.4. The van der Waals surface area contributed by atoms with E-state index >= 15 is 4.39 Å². The predicted molar refractivity (Wildman–Crippen MR) is 170 cm³/mol.